The number of nitrogens with zero attached hydrogens (tertiary/aromatic N) is 3. The topological polar surface area (TPSA) is 132 Å². The molecule has 0 saturated heterocycles. The van der Waals surface area contributed by atoms with E-state index in [1.807, 2.05) is 0 Å². The number of anilines is 1. The summed E-state index contributed by atoms with van der Waals surface area (Å²) in [7, 11) is 0. The summed E-state index contributed by atoms with van der Waals surface area (Å²) in [5.41, 5.74) is 4.44. The summed E-state index contributed by atoms with van der Waals surface area (Å²) in [5.74, 6) is -1.65. The number of hydrogen-bond acceptors (Lipinski definition) is 5. The number of hydrogen-bond donors (Lipinski definition) is 3. The molecule has 0 bridgehead atoms. The fourth-order valence-corrected chi connectivity index (χ4v) is 4.58. The molecule has 0 spiro atoms. The van der Waals surface area contributed by atoms with Gasteiger partial charge in [0.1, 0.15) is 15.8 Å². The van der Waals surface area contributed by atoms with Crippen molar-refractivity contribution in [3.8, 4) is 5.82 Å². The van der Waals surface area contributed by atoms with Crippen LogP contribution in [-0.4, -0.2) is 38.0 Å². The highest BCUT2D eigenvalue weighted by Gasteiger charge is 2.29. The van der Waals surface area contributed by atoms with E-state index in [9.17, 15) is 14.4 Å². The van der Waals surface area contributed by atoms with Crippen LogP contribution in [0, 0.1) is 0 Å². The zero-order valence-electron chi connectivity index (χ0n) is 17.1. The van der Waals surface area contributed by atoms with E-state index in [0.29, 0.717) is 18.6 Å². The summed E-state index contributed by atoms with van der Waals surface area (Å²) in [5, 5.41) is 9.83. The molecule has 0 atom stereocenters. The van der Waals surface area contributed by atoms with E-state index in [-0.39, 0.29) is 22.8 Å². The van der Waals surface area contributed by atoms with E-state index in [0.717, 1.165) is 0 Å². The lowest BCUT2D eigenvalue weighted by molar-refractivity contribution is -0.122. The number of pyridine rings is 1. The van der Waals surface area contributed by atoms with Crippen molar-refractivity contribution in [1.82, 2.24) is 20.1 Å². The Morgan fingerprint density at radius 3 is 2.45 bits per heavy atom. The Balaban J connectivity index is 2.02. The number of aromatic nitrogens is 3. The first-order valence-corrected chi connectivity index (χ1v) is 12.0. The fraction of sp³-hybridized carbons (Fsp3) is 0.150. The van der Waals surface area contributed by atoms with E-state index in [2.05, 4.69) is 68.5 Å². The predicted octanol–water partition coefficient (Wildman–Crippen LogP) is 4.45. The highest BCUT2D eigenvalue weighted by Crippen LogP contribution is 2.32. The van der Waals surface area contributed by atoms with Crippen LogP contribution in [0.4, 0.5) is 5.69 Å². The number of nitrogens with one attached hydrogen (secondary N) is 2. The third-order valence-corrected chi connectivity index (χ3v) is 6.20. The molecule has 2 aromatic heterocycles. The molecule has 0 aliphatic carbocycles. The molecule has 0 radical (unpaired) electrons. The molecule has 3 amide bonds. The quantitative estimate of drug-likeness (QED) is 0.359. The van der Waals surface area contributed by atoms with Crippen molar-refractivity contribution in [3.05, 3.63) is 66.4 Å². The zero-order valence-corrected chi connectivity index (χ0v) is 22.6. The number of carbonyl (C=O) groups is 3. The Labute approximate surface area is 218 Å². The minimum atomic E-state index is -1.31. The van der Waals surface area contributed by atoms with Crippen LogP contribution in [0.5, 0.6) is 0 Å². The SMILES string of the molecule is CC(C)(NC(=O)c1cc(Br)cc(Br)c1NC(=O)c1cc(Br)nn1-c1ncccc1Cl)C(N)=O. The summed E-state index contributed by atoms with van der Waals surface area (Å²) in [4.78, 5) is 42.1. The number of carbonyl (C=O) groups excluding carboxylic acids is 3. The van der Waals surface area contributed by atoms with Crippen molar-refractivity contribution in [2.75, 3.05) is 5.32 Å². The van der Waals surface area contributed by atoms with Crippen LogP contribution in [0.2, 0.25) is 5.02 Å². The third-order valence-electron chi connectivity index (χ3n) is 4.43. The van der Waals surface area contributed by atoms with Gasteiger partial charge in [-0.2, -0.15) is 5.10 Å². The van der Waals surface area contributed by atoms with Crippen LogP contribution in [0.3, 0.4) is 0 Å². The molecule has 0 aliphatic heterocycles. The molecular formula is C20H16Br3ClN6O3. The normalized spacial score (nSPS) is 11.2. The van der Waals surface area contributed by atoms with Crippen molar-refractivity contribution < 1.29 is 14.4 Å². The average Bonchev–Trinajstić information content (AvgIpc) is 3.11. The summed E-state index contributed by atoms with van der Waals surface area (Å²) in [6, 6.07) is 7.93. The molecule has 3 aromatic rings. The van der Waals surface area contributed by atoms with Gasteiger partial charge in [-0.3, -0.25) is 14.4 Å². The number of primary amides is 1. The second-order valence-electron chi connectivity index (χ2n) is 7.28. The van der Waals surface area contributed by atoms with Gasteiger partial charge in [0.15, 0.2) is 5.82 Å². The maximum absolute atomic E-state index is 13.2. The Morgan fingerprint density at radius 1 is 1.12 bits per heavy atom. The van der Waals surface area contributed by atoms with Crippen LogP contribution >= 0.6 is 59.4 Å². The van der Waals surface area contributed by atoms with Gasteiger partial charge in [0.2, 0.25) is 5.91 Å². The molecule has 33 heavy (non-hydrogen) atoms. The van der Waals surface area contributed by atoms with Crippen LogP contribution in [0.25, 0.3) is 5.82 Å². The van der Waals surface area contributed by atoms with Gasteiger partial charge in [0.05, 0.1) is 16.3 Å². The predicted molar refractivity (Wildman–Crippen MR) is 135 cm³/mol. The number of halogens is 4. The van der Waals surface area contributed by atoms with Crippen LogP contribution < -0.4 is 16.4 Å². The van der Waals surface area contributed by atoms with Gasteiger partial charge >= 0.3 is 0 Å². The summed E-state index contributed by atoms with van der Waals surface area (Å²) in [6.07, 6.45) is 1.52. The Morgan fingerprint density at radius 2 is 1.82 bits per heavy atom. The third kappa shape index (κ3) is 5.62. The number of benzene rings is 1. The molecule has 0 saturated carbocycles. The Kier molecular flexibility index (Phi) is 7.62. The van der Waals surface area contributed by atoms with E-state index in [1.54, 1.807) is 18.2 Å². The molecule has 0 unspecified atom stereocenters. The van der Waals surface area contributed by atoms with Gasteiger partial charge in [0.25, 0.3) is 11.8 Å². The molecule has 9 nitrogen and oxygen atoms in total. The van der Waals surface area contributed by atoms with Gasteiger partial charge in [-0.15, -0.1) is 0 Å². The van der Waals surface area contributed by atoms with Gasteiger partial charge < -0.3 is 16.4 Å². The molecule has 0 fully saturated rings. The van der Waals surface area contributed by atoms with Crippen molar-refractivity contribution in [2.24, 2.45) is 5.73 Å². The second kappa shape index (κ2) is 9.92. The molecule has 0 aliphatic rings. The molecule has 4 N–H and O–H groups in total. The standard InChI is InChI=1S/C20H16Br3ClN6O3/c1-20(2,19(25)33)28-17(31)10-6-9(21)7-11(22)15(10)27-18(32)13-8-14(23)29-30(13)16-12(24)4-3-5-26-16/h3-8H,1-2H3,(H2,25,33)(H,27,32)(H,28,31). The molecule has 1 aromatic carbocycles. The second-order valence-corrected chi connectivity index (χ2v) is 10.3. The van der Waals surface area contributed by atoms with Gasteiger partial charge in [0, 0.05) is 21.2 Å². The zero-order chi connectivity index (χ0) is 24.5. The van der Waals surface area contributed by atoms with Crippen molar-refractivity contribution in [1.29, 1.82) is 0 Å². The fourth-order valence-electron chi connectivity index (χ4n) is 2.68. The number of rotatable bonds is 6. The average molecular weight is 664 g/mol. The first-order chi connectivity index (χ1) is 15.4. The van der Waals surface area contributed by atoms with Crippen LogP contribution in [0.15, 0.2) is 50.1 Å². The Hall–Kier alpha value is -2.28. The summed E-state index contributed by atoms with van der Waals surface area (Å²) in [6.45, 7) is 2.95. The lowest BCUT2D eigenvalue weighted by Gasteiger charge is -2.23. The molecule has 2 heterocycles. The molecule has 3 rings (SSSR count). The smallest absolute Gasteiger partial charge is 0.274 e. The van der Waals surface area contributed by atoms with Crippen LogP contribution in [-0.2, 0) is 4.79 Å². The minimum Gasteiger partial charge on any atom is -0.368 e. The monoisotopic (exact) mass is 660 g/mol. The van der Waals surface area contributed by atoms with E-state index >= 15 is 0 Å². The van der Waals surface area contributed by atoms with Gasteiger partial charge in [-0.1, -0.05) is 27.5 Å². The van der Waals surface area contributed by atoms with Crippen molar-refractivity contribution in [2.45, 2.75) is 19.4 Å². The largest absolute Gasteiger partial charge is 0.368 e. The van der Waals surface area contributed by atoms with Crippen molar-refractivity contribution in [3.63, 3.8) is 0 Å². The molecular weight excluding hydrogens is 647 g/mol. The maximum Gasteiger partial charge on any atom is 0.274 e. The lowest BCUT2D eigenvalue weighted by atomic mass is 10.0. The first kappa shape index (κ1) is 25.3. The maximum atomic E-state index is 13.2. The number of nitrogens with two attached hydrogens (primary N) is 1. The minimum absolute atomic E-state index is 0.0972. The highest BCUT2D eigenvalue weighted by atomic mass is 79.9. The van der Waals surface area contributed by atoms with E-state index in [1.165, 1.54) is 36.9 Å². The van der Waals surface area contributed by atoms with Crippen LogP contribution in [0.1, 0.15) is 34.7 Å². The first-order valence-electron chi connectivity index (χ1n) is 9.20. The Bertz CT molecular complexity index is 1280. The summed E-state index contributed by atoms with van der Waals surface area (Å²) >= 11 is 16.2. The van der Waals surface area contributed by atoms with E-state index < -0.39 is 23.3 Å². The van der Waals surface area contributed by atoms with Gasteiger partial charge in [-0.25, -0.2) is 9.67 Å². The highest BCUT2D eigenvalue weighted by molar-refractivity contribution is 9.11. The summed E-state index contributed by atoms with van der Waals surface area (Å²) < 4.78 is 2.66. The number of amides is 3. The van der Waals surface area contributed by atoms with E-state index in [4.69, 9.17) is 17.3 Å². The lowest BCUT2D eigenvalue weighted by Crippen LogP contribution is -2.53. The molecule has 13 heteroatoms. The van der Waals surface area contributed by atoms with Crippen molar-refractivity contribution >= 4 is 82.8 Å². The van der Waals surface area contributed by atoms with Gasteiger partial charge in [-0.05, 0) is 70.0 Å². The molecule has 172 valence electrons.